The molecule has 1 aliphatic rings. The Bertz CT molecular complexity index is 1370. The number of nitrogens with zero attached hydrogens (tertiary/aromatic N) is 1. The highest BCUT2D eigenvalue weighted by Gasteiger charge is 2.45. The van der Waals surface area contributed by atoms with Gasteiger partial charge in [-0.3, -0.25) is 9.59 Å². The highest BCUT2D eigenvalue weighted by Crippen LogP contribution is 2.30. The van der Waals surface area contributed by atoms with Gasteiger partial charge in [0, 0.05) is 18.3 Å². The minimum atomic E-state index is -3.96. The molecule has 1 N–H and O–H groups in total. The van der Waals surface area contributed by atoms with E-state index in [0.29, 0.717) is 17.2 Å². The van der Waals surface area contributed by atoms with Gasteiger partial charge in [-0.05, 0) is 60.4 Å². The Kier molecular flexibility index (Phi) is 6.90. The number of nitrogens with one attached hydrogen (secondary N) is 1. The van der Waals surface area contributed by atoms with Crippen molar-refractivity contribution < 1.29 is 27.5 Å². The highest BCUT2D eigenvalue weighted by molar-refractivity contribution is 7.89. The van der Waals surface area contributed by atoms with Crippen molar-refractivity contribution in [2.24, 2.45) is 0 Å². The molecule has 0 bridgehead atoms. The summed E-state index contributed by atoms with van der Waals surface area (Å²) in [7, 11) is 0.479. The smallest absolute Gasteiger partial charge is 0.250 e. The number of hydrogen-bond donors (Lipinski definition) is 1. The molecule has 1 amide bonds. The number of sulfonamides is 1. The van der Waals surface area contributed by atoms with E-state index in [1.807, 2.05) is 30.3 Å². The second-order valence-electron chi connectivity index (χ2n) is 8.16. The SMILES string of the molecule is COc1ccc(CCc2ccc(NC(=O)C3C(=O)c4ccccc4S(=O)(=O)N3C)cc2)cc1OC. The van der Waals surface area contributed by atoms with E-state index in [4.69, 9.17) is 9.47 Å². The maximum atomic E-state index is 12.9. The van der Waals surface area contributed by atoms with Crippen molar-refractivity contribution >= 4 is 27.4 Å². The predicted molar refractivity (Wildman–Crippen MR) is 132 cm³/mol. The number of benzene rings is 3. The van der Waals surface area contributed by atoms with Crippen molar-refractivity contribution in [2.75, 3.05) is 26.6 Å². The third-order valence-corrected chi connectivity index (χ3v) is 7.92. The molecule has 1 atom stereocenters. The molecule has 1 heterocycles. The first-order valence-corrected chi connectivity index (χ1v) is 12.4. The summed E-state index contributed by atoms with van der Waals surface area (Å²) in [6, 6.07) is 17.5. The molecule has 1 aliphatic heterocycles. The Hall–Kier alpha value is -3.69. The Morgan fingerprint density at radius 2 is 1.54 bits per heavy atom. The summed E-state index contributed by atoms with van der Waals surface area (Å²) in [4.78, 5) is 25.8. The summed E-state index contributed by atoms with van der Waals surface area (Å²) in [6.45, 7) is 0. The lowest BCUT2D eigenvalue weighted by Crippen LogP contribution is -2.53. The molecule has 35 heavy (non-hydrogen) atoms. The van der Waals surface area contributed by atoms with Gasteiger partial charge in [0.15, 0.2) is 23.3 Å². The van der Waals surface area contributed by atoms with Crippen molar-refractivity contribution in [2.45, 2.75) is 23.8 Å². The molecule has 1 unspecified atom stereocenters. The largest absolute Gasteiger partial charge is 0.493 e. The Balaban J connectivity index is 1.43. The number of anilines is 1. The third kappa shape index (κ3) is 4.78. The van der Waals surface area contributed by atoms with Crippen molar-refractivity contribution in [3.05, 3.63) is 83.4 Å². The number of carbonyl (C=O) groups is 2. The number of ether oxygens (including phenoxy) is 2. The number of fused-ring (bicyclic) bond motifs is 1. The van der Waals surface area contributed by atoms with Gasteiger partial charge < -0.3 is 14.8 Å². The molecule has 0 saturated heterocycles. The number of hydrogen-bond acceptors (Lipinski definition) is 6. The Morgan fingerprint density at radius 1 is 0.914 bits per heavy atom. The van der Waals surface area contributed by atoms with Gasteiger partial charge in [0.1, 0.15) is 0 Å². The van der Waals surface area contributed by atoms with Gasteiger partial charge >= 0.3 is 0 Å². The average Bonchev–Trinajstić information content (AvgIpc) is 2.87. The van der Waals surface area contributed by atoms with Crippen molar-refractivity contribution in [1.29, 1.82) is 0 Å². The summed E-state index contributed by atoms with van der Waals surface area (Å²) in [5.74, 6) is 0.0975. The van der Waals surface area contributed by atoms with Gasteiger partial charge in [0.05, 0.1) is 19.1 Å². The van der Waals surface area contributed by atoms with Crippen LogP contribution in [0.2, 0.25) is 0 Å². The first kappa shape index (κ1) is 24.4. The molecular weight excluding hydrogens is 468 g/mol. The molecule has 0 radical (unpaired) electrons. The van der Waals surface area contributed by atoms with E-state index in [9.17, 15) is 18.0 Å². The van der Waals surface area contributed by atoms with Crippen molar-refractivity contribution in [1.82, 2.24) is 4.31 Å². The van der Waals surface area contributed by atoms with Crippen LogP contribution >= 0.6 is 0 Å². The standard InChI is InChI=1S/C26H26N2O6S/c1-28-24(25(29)20-6-4-5-7-23(20)35(28,31)32)26(30)27-19-13-10-17(11-14-19)8-9-18-12-15-21(33-2)22(16-18)34-3/h4-7,10-16,24H,8-9H2,1-3H3,(H,27,30). The molecule has 0 aliphatic carbocycles. The minimum absolute atomic E-state index is 0.0243. The normalized spacial score (nSPS) is 16.9. The van der Waals surface area contributed by atoms with E-state index in [-0.39, 0.29) is 10.5 Å². The van der Waals surface area contributed by atoms with E-state index in [1.165, 1.54) is 19.2 Å². The van der Waals surface area contributed by atoms with Crippen molar-refractivity contribution in [3.63, 3.8) is 0 Å². The molecule has 182 valence electrons. The highest BCUT2D eigenvalue weighted by atomic mass is 32.2. The molecule has 0 aromatic heterocycles. The first-order valence-electron chi connectivity index (χ1n) is 11.0. The van der Waals surface area contributed by atoms with Crippen molar-refractivity contribution in [3.8, 4) is 11.5 Å². The van der Waals surface area contributed by atoms with Gasteiger partial charge in [0.2, 0.25) is 10.0 Å². The van der Waals surface area contributed by atoms with Crippen LogP contribution in [0.25, 0.3) is 0 Å². The summed E-state index contributed by atoms with van der Waals surface area (Å²) in [5.41, 5.74) is 2.65. The quantitative estimate of drug-likeness (QED) is 0.506. The van der Waals surface area contributed by atoms with Crippen LogP contribution in [0.5, 0.6) is 11.5 Å². The van der Waals surface area contributed by atoms with Gasteiger partial charge in [-0.25, -0.2) is 8.42 Å². The summed E-state index contributed by atoms with van der Waals surface area (Å²) in [5, 5.41) is 2.67. The fourth-order valence-corrected chi connectivity index (χ4v) is 5.55. The van der Waals surface area contributed by atoms with Crippen LogP contribution in [0.4, 0.5) is 5.69 Å². The second-order valence-corrected chi connectivity index (χ2v) is 10.1. The molecule has 9 heteroatoms. The summed E-state index contributed by atoms with van der Waals surface area (Å²) >= 11 is 0. The molecular formula is C26H26N2O6S. The molecule has 4 rings (SSSR count). The number of rotatable bonds is 7. The topological polar surface area (TPSA) is 102 Å². The van der Waals surface area contributed by atoms with Gasteiger partial charge in [0.25, 0.3) is 5.91 Å². The van der Waals surface area contributed by atoms with E-state index in [0.717, 1.165) is 28.3 Å². The van der Waals surface area contributed by atoms with Gasteiger partial charge in [-0.2, -0.15) is 4.31 Å². The molecule has 3 aromatic rings. The van der Waals surface area contributed by atoms with E-state index < -0.39 is 27.8 Å². The zero-order valence-corrected chi connectivity index (χ0v) is 20.5. The van der Waals surface area contributed by atoms with Crippen LogP contribution in [-0.4, -0.2) is 51.7 Å². The minimum Gasteiger partial charge on any atom is -0.493 e. The lowest BCUT2D eigenvalue weighted by molar-refractivity contribution is -0.118. The average molecular weight is 495 g/mol. The maximum absolute atomic E-state index is 12.9. The zero-order chi connectivity index (χ0) is 25.2. The molecule has 0 saturated carbocycles. The number of aryl methyl sites for hydroxylation is 2. The predicted octanol–water partition coefficient (Wildman–Crippen LogP) is 3.31. The van der Waals surface area contributed by atoms with Crippen LogP contribution in [0, 0.1) is 0 Å². The van der Waals surface area contributed by atoms with Crippen LogP contribution in [0.1, 0.15) is 21.5 Å². The maximum Gasteiger partial charge on any atom is 0.250 e. The van der Waals surface area contributed by atoms with Crippen LogP contribution in [-0.2, 0) is 27.7 Å². The van der Waals surface area contributed by atoms with Crippen LogP contribution < -0.4 is 14.8 Å². The van der Waals surface area contributed by atoms with E-state index >= 15 is 0 Å². The third-order valence-electron chi connectivity index (χ3n) is 6.04. The number of Topliss-reactive ketones (excluding diaryl/α,β-unsaturated/α-hetero) is 1. The zero-order valence-electron chi connectivity index (χ0n) is 19.6. The van der Waals surface area contributed by atoms with E-state index in [2.05, 4.69) is 5.32 Å². The first-order chi connectivity index (χ1) is 16.8. The number of likely N-dealkylation sites (N-methyl/N-ethyl adjacent to an activating group) is 1. The summed E-state index contributed by atoms with van der Waals surface area (Å²) in [6.07, 6.45) is 1.55. The molecule has 0 spiro atoms. The van der Waals surface area contributed by atoms with Gasteiger partial charge in [-0.1, -0.05) is 30.3 Å². The lowest BCUT2D eigenvalue weighted by Gasteiger charge is -2.30. The number of amides is 1. The number of ketones is 1. The Morgan fingerprint density at radius 3 is 2.23 bits per heavy atom. The number of methoxy groups -OCH3 is 2. The second kappa shape index (κ2) is 9.89. The van der Waals surface area contributed by atoms with Crippen LogP contribution in [0.15, 0.2) is 71.6 Å². The summed E-state index contributed by atoms with van der Waals surface area (Å²) < 4.78 is 37.1. The van der Waals surface area contributed by atoms with Crippen LogP contribution in [0.3, 0.4) is 0 Å². The Labute approximate surface area is 204 Å². The van der Waals surface area contributed by atoms with Gasteiger partial charge in [-0.15, -0.1) is 0 Å². The fraction of sp³-hybridized carbons (Fsp3) is 0.231. The number of carbonyl (C=O) groups excluding carboxylic acids is 2. The van der Waals surface area contributed by atoms with E-state index in [1.54, 1.807) is 38.5 Å². The fourth-order valence-electron chi connectivity index (χ4n) is 4.08. The lowest BCUT2D eigenvalue weighted by atomic mass is 10.0. The molecule has 3 aromatic carbocycles. The molecule has 8 nitrogen and oxygen atoms in total. The molecule has 0 fully saturated rings. The monoisotopic (exact) mass is 494 g/mol.